The van der Waals surface area contributed by atoms with Crippen LogP contribution < -0.4 is 4.90 Å². The average molecular weight is 316 g/mol. The molecule has 1 aliphatic rings. The lowest BCUT2D eigenvalue weighted by atomic mass is 10.2. The van der Waals surface area contributed by atoms with Gasteiger partial charge in [-0.1, -0.05) is 17.7 Å². The summed E-state index contributed by atoms with van der Waals surface area (Å²) in [6, 6.07) is 9.71. The van der Waals surface area contributed by atoms with Crippen LogP contribution in [0.4, 0.5) is 5.69 Å². The highest BCUT2D eigenvalue weighted by Gasteiger charge is 2.22. The van der Waals surface area contributed by atoms with Crippen LogP contribution in [0.25, 0.3) is 0 Å². The molecule has 1 fully saturated rings. The number of nitrogens with zero attached hydrogens (tertiary/aromatic N) is 3. The van der Waals surface area contributed by atoms with Crippen LogP contribution in [0, 0.1) is 6.92 Å². The molecule has 2 aromatic rings. The number of aryl methyl sites for hydroxylation is 1. The molecule has 1 amide bonds. The predicted molar refractivity (Wildman–Crippen MR) is 88.5 cm³/mol. The smallest absolute Gasteiger partial charge is 0.255 e. The summed E-state index contributed by atoms with van der Waals surface area (Å²) in [5.41, 5.74) is 2.84. The number of amides is 1. The predicted octanol–water partition coefficient (Wildman–Crippen LogP) is 3.01. The van der Waals surface area contributed by atoms with E-state index in [1.807, 2.05) is 24.0 Å². The Kier molecular flexibility index (Phi) is 4.29. The van der Waals surface area contributed by atoms with Crippen LogP contribution in [0.2, 0.25) is 5.02 Å². The Labute approximate surface area is 135 Å². The van der Waals surface area contributed by atoms with E-state index in [-0.39, 0.29) is 5.91 Å². The van der Waals surface area contributed by atoms with Crippen molar-refractivity contribution in [3.05, 3.63) is 58.9 Å². The topological polar surface area (TPSA) is 36.4 Å². The third kappa shape index (κ3) is 3.07. The normalized spacial score (nSPS) is 15.0. The van der Waals surface area contributed by atoms with Gasteiger partial charge in [-0.05, 0) is 36.8 Å². The highest BCUT2D eigenvalue weighted by molar-refractivity contribution is 6.31. The number of hydrogen-bond acceptors (Lipinski definition) is 3. The molecular formula is C17H18ClN3O. The molecule has 5 heteroatoms. The molecule has 0 N–H and O–H groups in total. The van der Waals surface area contributed by atoms with Crippen LogP contribution in [0.15, 0.2) is 42.7 Å². The molecule has 0 atom stereocenters. The van der Waals surface area contributed by atoms with Gasteiger partial charge >= 0.3 is 0 Å². The minimum absolute atomic E-state index is 0.0506. The fraction of sp³-hybridized carbons (Fsp3) is 0.294. The zero-order valence-electron chi connectivity index (χ0n) is 12.5. The van der Waals surface area contributed by atoms with Crippen LogP contribution >= 0.6 is 11.6 Å². The highest BCUT2D eigenvalue weighted by Crippen LogP contribution is 2.24. The summed E-state index contributed by atoms with van der Waals surface area (Å²) >= 11 is 6.19. The summed E-state index contributed by atoms with van der Waals surface area (Å²) in [6.07, 6.45) is 3.30. The van der Waals surface area contributed by atoms with Gasteiger partial charge in [0.15, 0.2) is 0 Å². The first-order chi connectivity index (χ1) is 10.6. The van der Waals surface area contributed by atoms with E-state index in [1.54, 1.807) is 24.5 Å². The van der Waals surface area contributed by atoms with Crippen molar-refractivity contribution >= 4 is 23.2 Å². The Balaban J connectivity index is 1.65. The van der Waals surface area contributed by atoms with Crippen molar-refractivity contribution in [1.82, 2.24) is 9.88 Å². The second-order valence-electron chi connectivity index (χ2n) is 5.45. The van der Waals surface area contributed by atoms with E-state index in [4.69, 9.17) is 11.6 Å². The largest absolute Gasteiger partial charge is 0.368 e. The van der Waals surface area contributed by atoms with E-state index < -0.39 is 0 Å². The van der Waals surface area contributed by atoms with E-state index in [2.05, 4.69) is 16.0 Å². The molecule has 0 radical (unpaired) electrons. The number of piperazine rings is 1. The number of rotatable bonds is 2. The summed E-state index contributed by atoms with van der Waals surface area (Å²) in [4.78, 5) is 20.5. The molecule has 0 spiro atoms. The highest BCUT2D eigenvalue weighted by atomic mass is 35.5. The van der Waals surface area contributed by atoms with Gasteiger partial charge in [0.05, 0.1) is 5.56 Å². The Hall–Kier alpha value is -2.07. The Morgan fingerprint density at radius 3 is 2.59 bits per heavy atom. The SMILES string of the molecule is Cc1ccc(N2CCN(C(=O)c3cccnc3)CC2)cc1Cl. The van der Waals surface area contributed by atoms with Gasteiger partial charge in [-0.2, -0.15) is 0 Å². The maximum atomic E-state index is 12.4. The molecule has 4 nitrogen and oxygen atoms in total. The molecule has 1 saturated heterocycles. The first-order valence-corrected chi connectivity index (χ1v) is 7.73. The van der Waals surface area contributed by atoms with Crippen LogP contribution in [-0.4, -0.2) is 42.0 Å². The van der Waals surface area contributed by atoms with Crippen LogP contribution in [0.3, 0.4) is 0 Å². The lowest BCUT2D eigenvalue weighted by Crippen LogP contribution is -2.48. The fourth-order valence-electron chi connectivity index (χ4n) is 2.62. The summed E-state index contributed by atoms with van der Waals surface area (Å²) < 4.78 is 0. The molecule has 2 heterocycles. The molecule has 0 aliphatic carbocycles. The van der Waals surface area contributed by atoms with E-state index in [1.165, 1.54) is 0 Å². The van der Waals surface area contributed by atoms with E-state index in [9.17, 15) is 4.79 Å². The molecule has 0 saturated carbocycles. The minimum Gasteiger partial charge on any atom is -0.368 e. The molecule has 1 aliphatic heterocycles. The van der Waals surface area contributed by atoms with Crippen molar-refractivity contribution in [2.45, 2.75) is 6.92 Å². The number of hydrogen-bond donors (Lipinski definition) is 0. The summed E-state index contributed by atoms with van der Waals surface area (Å²) in [5, 5.41) is 0.784. The number of anilines is 1. The van der Waals surface area contributed by atoms with Gasteiger partial charge in [-0.25, -0.2) is 0 Å². The van der Waals surface area contributed by atoms with Crippen molar-refractivity contribution in [1.29, 1.82) is 0 Å². The maximum absolute atomic E-state index is 12.4. The number of pyridine rings is 1. The van der Waals surface area contributed by atoms with E-state index in [0.717, 1.165) is 29.4 Å². The molecule has 0 unspecified atom stereocenters. The van der Waals surface area contributed by atoms with Crippen molar-refractivity contribution in [2.24, 2.45) is 0 Å². The Morgan fingerprint density at radius 2 is 1.95 bits per heavy atom. The van der Waals surface area contributed by atoms with Gasteiger partial charge in [0.25, 0.3) is 5.91 Å². The molecule has 1 aromatic heterocycles. The number of carbonyl (C=O) groups excluding carboxylic acids is 1. The lowest BCUT2D eigenvalue weighted by Gasteiger charge is -2.36. The minimum atomic E-state index is 0.0506. The molecule has 114 valence electrons. The third-order valence-corrected chi connectivity index (χ3v) is 4.40. The van der Waals surface area contributed by atoms with E-state index in [0.29, 0.717) is 18.7 Å². The number of carbonyl (C=O) groups is 1. The zero-order chi connectivity index (χ0) is 15.5. The summed E-state index contributed by atoms with van der Waals surface area (Å²) in [7, 11) is 0. The van der Waals surface area contributed by atoms with Gasteiger partial charge in [0.1, 0.15) is 0 Å². The van der Waals surface area contributed by atoms with Crippen molar-refractivity contribution in [2.75, 3.05) is 31.1 Å². The Bertz CT molecular complexity index is 667. The van der Waals surface area contributed by atoms with Crippen LogP contribution in [0.1, 0.15) is 15.9 Å². The molecular weight excluding hydrogens is 298 g/mol. The van der Waals surface area contributed by atoms with Crippen molar-refractivity contribution in [3.8, 4) is 0 Å². The van der Waals surface area contributed by atoms with Gasteiger partial charge < -0.3 is 9.80 Å². The number of aromatic nitrogens is 1. The number of benzene rings is 1. The maximum Gasteiger partial charge on any atom is 0.255 e. The standard InChI is InChI=1S/C17H18ClN3O/c1-13-4-5-15(11-16(13)18)20-7-9-21(10-8-20)17(22)14-3-2-6-19-12-14/h2-6,11-12H,7-10H2,1H3. The zero-order valence-corrected chi connectivity index (χ0v) is 13.3. The quantitative estimate of drug-likeness (QED) is 0.855. The van der Waals surface area contributed by atoms with Gasteiger partial charge in [0, 0.05) is 49.3 Å². The third-order valence-electron chi connectivity index (χ3n) is 4.00. The van der Waals surface area contributed by atoms with Gasteiger partial charge in [-0.15, -0.1) is 0 Å². The molecule has 0 bridgehead atoms. The summed E-state index contributed by atoms with van der Waals surface area (Å²) in [5.74, 6) is 0.0506. The molecule has 22 heavy (non-hydrogen) atoms. The van der Waals surface area contributed by atoms with Crippen LogP contribution in [0.5, 0.6) is 0 Å². The fourth-order valence-corrected chi connectivity index (χ4v) is 2.79. The second-order valence-corrected chi connectivity index (χ2v) is 5.86. The monoisotopic (exact) mass is 315 g/mol. The van der Waals surface area contributed by atoms with Crippen molar-refractivity contribution in [3.63, 3.8) is 0 Å². The van der Waals surface area contributed by atoms with Crippen molar-refractivity contribution < 1.29 is 4.79 Å². The Morgan fingerprint density at radius 1 is 1.18 bits per heavy atom. The average Bonchev–Trinajstić information content (AvgIpc) is 2.58. The second kappa shape index (κ2) is 6.36. The first-order valence-electron chi connectivity index (χ1n) is 7.35. The van der Waals surface area contributed by atoms with Gasteiger partial charge in [-0.3, -0.25) is 9.78 Å². The lowest BCUT2D eigenvalue weighted by molar-refractivity contribution is 0.0746. The van der Waals surface area contributed by atoms with Gasteiger partial charge in [0.2, 0.25) is 0 Å². The van der Waals surface area contributed by atoms with Crippen LogP contribution in [-0.2, 0) is 0 Å². The number of halogens is 1. The molecule has 1 aromatic carbocycles. The first kappa shape index (κ1) is 14.9. The summed E-state index contributed by atoms with van der Waals surface area (Å²) in [6.45, 7) is 5.03. The van der Waals surface area contributed by atoms with E-state index >= 15 is 0 Å². The molecule has 3 rings (SSSR count).